The molecule has 0 aliphatic rings. The standard InChI is InChI=1S/C23H26ClN5O3S/c1-14-11-17(24)7-10-19(14)26-21(31)13-33-23-28-27-22(29(23)3)15(2)25-20(30)12-16-5-8-18(32-4)9-6-16/h5-11,15H,12-13H2,1-4H3,(H,25,30)(H,26,31). The second-order valence-electron chi connectivity index (χ2n) is 7.51. The van der Waals surface area contributed by atoms with Gasteiger partial charge in [0.05, 0.1) is 25.3 Å². The van der Waals surface area contributed by atoms with Crippen molar-refractivity contribution in [2.45, 2.75) is 31.5 Å². The van der Waals surface area contributed by atoms with Crippen LogP contribution in [0.2, 0.25) is 5.02 Å². The average molecular weight is 488 g/mol. The molecule has 0 saturated carbocycles. The van der Waals surface area contributed by atoms with Crippen LogP contribution in [0.5, 0.6) is 5.75 Å². The lowest BCUT2D eigenvalue weighted by atomic mass is 10.1. The van der Waals surface area contributed by atoms with E-state index in [4.69, 9.17) is 16.3 Å². The Hall–Kier alpha value is -3.04. The van der Waals surface area contributed by atoms with Crippen LogP contribution in [-0.4, -0.2) is 39.4 Å². The number of ether oxygens (including phenoxy) is 1. The molecule has 0 spiro atoms. The summed E-state index contributed by atoms with van der Waals surface area (Å²) in [7, 11) is 3.41. The zero-order chi connectivity index (χ0) is 24.0. The van der Waals surface area contributed by atoms with Crippen molar-refractivity contribution in [3.63, 3.8) is 0 Å². The summed E-state index contributed by atoms with van der Waals surface area (Å²) >= 11 is 7.23. The van der Waals surface area contributed by atoms with Gasteiger partial charge in [-0.1, -0.05) is 35.5 Å². The average Bonchev–Trinajstić information content (AvgIpc) is 3.15. The number of aromatic nitrogens is 3. The summed E-state index contributed by atoms with van der Waals surface area (Å²) in [6.45, 7) is 3.73. The molecule has 3 rings (SSSR count). The lowest BCUT2D eigenvalue weighted by molar-refractivity contribution is -0.121. The van der Waals surface area contributed by atoms with Gasteiger partial charge in [-0.3, -0.25) is 9.59 Å². The number of hydrogen-bond acceptors (Lipinski definition) is 6. The van der Waals surface area contributed by atoms with E-state index >= 15 is 0 Å². The first-order chi connectivity index (χ1) is 15.8. The SMILES string of the molecule is COc1ccc(CC(=O)NC(C)c2nnc(SCC(=O)Nc3ccc(Cl)cc3C)n2C)cc1. The van der Waals surface area contributed by atoms with Crippen molar-refractivity contribution >= 4 is 40.9 Å². The highest BCUT2D eigenvalue weighted by atomic mass is 35.5. The summed E-state index contributed by atoms with van der Waals surface area (Å²) < 4.78 is 6.92. The van der Waals surface area contributed by atoms with Gasteiger partial charge >= 0.3 is 0 Å². The third-order valence-corrected chi connectivity index (χ3v) is 6.21. The Morgan fingerprint density at radius 3 is 2.55 bits per heavy atom. The number of hydrogen-bond donors (Lipinski definition) is 2. The molecule has 1 heterocycles. The molecule has 3 aromatic rings. The summed E-state index contributed by atoms with van der Waals surface area (Å²) in [5, 5.41) is 15.4. The third-order valence-electron chi connectivity index (χ3n) is 4.95. The predicted octanol–water partition coefficient (Wildman–Crippen LogP) is 3.94. The van der Waals surface area contributed by atoms with Gasteiger partial charge in [0, 0.05) is 17.8 Å². The van der Waals surface area contributed by atoms with Crippen LogP contribution < -0.4 is 15.4 Å². The largest absolute Gasteiger partial charge is 0.497 e. The molecule has 0 saturated heterocycles. The maximum absolute atomic E-state index is 12.4. The summed E-state index contributed by atoms with van der Waals surface area (Å²) in [5.41, 5.74) is 2.49. The molecule has 2 N–H and O–H groups in total. The highest BCUT2D eigenvalue weighted by Crippen LogP contribution is 2.22. The molecule has 1 aromatic heterocycles. The summed E-state index contributed by atoms with van der Waals surface area (Å²) in [6.07, 6.45) is 0.248. The van der Waals surface area contributed by atoms with Crippen molar-refractivity contribution in [2.75, 3.05) is 18.2 Å². The number of rotatable bonds is 9. The van der Waals surface area contributed by atoms with Crippen molar-refractivity contribution in [3.05, 3.63) is 64.4 Å². The molecular weight excluding hydrogens is 462 g/mol. The van der Waals surface area contributed by atoms with E-state index in [1.807, 2.05) is 45.2 Å². The molecule has 1 unspecified atom stereocenters. The summed E-state index contributed by atoms with van der Waals surface area (Å²) in [5.74, 6) is 1.24. The molecule has 0 aliphatic heterocycles. The zero-order valence-electron chi connectivity index (χ0n) is 18.9. The van der Waals surface area contributed by atoms with Crippen LogP contribution in [0.25, 0.3) is 0 Å². The van der Waals surface area contributed by atoms with E-state index in [9.17, 15) is 9.59 Å². The number of thioether (sulfide) groups is 1. The number of nitrogens with one attached hydrogen (secondary N) is 2. The minimum Gasteiger partial charge on any atom is -0.497 e. The number of benzene rings is 2. The Labute approximate surface area is 202 Å². The van der Waals surface area contributed by atoms with Crippen molar-refractivity contribution in [1.29, 1.82) is 0 Å². The summed E-state index contributed by atoms with van der Waals surface area (Å²) in [4.78, 5) is 24.8. The van der Waals surface area contributed by atoms with Gasteiger partial charge in [-0.05, 0) is 55.3 Å². The smallest absolute Gasteiger partial charge is 0.234 e. The van der Waals surface area contributed by atoms with Gasteiger partial charge in [0.15, 0.2) is 11.0 Å². The highest BCUT2D eigenvalue weighted by Gasteiger charge is 2.18. The fraction of sp³-hybridized carbons (Fsp3) is 0.304. The second kappa shape index (κ2) is 11.2. The van der Waals surface area contributed by atoms with Gasteiger partial charge in [-0.15, -0.1) is 10.2 Å². The number of carbonyl (C=O) groups is 2. The Morgan fingerprint density at radius 2 is 1.88 bits per heavy atom. The van der Waals surface area contributed by atoms with E-state index in [0.717, 1.165) is 22.6 Å². The van der Waals surface area contributed by atoms with Crippen LogP contribution in [0.4, 0.5) is 5.69 Å². The zero-order valence-corrected chi connectivity index (χ0v) is 20.5. The van der Waals surface area contributed by atoms with Gasteiger partial charge in [-0.2, -0.15) is 0 Å². The van der Waals surface area contributed by atoms with Gasteiger partial charge in [0.1, 0.15) is 5.75 Å². The van der Waals surface area contributed by atoms with Crippen LogP contribution in [0.15, 0.2) is 47.6 Å². The molecular formula is C23H26ClN5O3S. The lowest BCUT2D eigenvalue weighted by Crippen LogP contribution is -2.29. The molecule has 2 aromatic carbocycles. The van der Waals surface area contributed by atoms with E-state index in [0.29, 0.717) is 16.0 Å². The number of halogens is 1. The molecule has 174 valence electrons. The Bertz CT molecular complexity index is 1130. The number of aryl methyl sites for hydroxylation is 1. The molecule has 0 radical (unpaired) electrons. The molecule has 0 fully saturated rings. The van der Waals surface area contributed by atoms with Crippen molar-refractivity contribution < 1.29 is 14.3 Å². The number of anilines is 1. The first kappa shape index (κ1) is 24.6. The monoisotopic (exact) mass is 487 g/mol. The molecule has 8 nitrogen and oxygen atoms in total. The Kier molecular flexibility index (Phi) is 8.35. The van der Waals surface area contributed by atoms with Gasteiger partial charge in [0.2, 0.25) is 11.8 Å². The van der Waals surface area contributed by atoms with E-state index in [2.05, 4.69) is 20.8 Å². The maximum atomic E-state index is 12.4. The fourth-order valence-corrected chi connectivity index (χ4v) is 4.14. The molecule has 1 atom stereocenters. The summed E-state index contributed by atoms with van der Waals surface area (Å²) in [6, 6.07) is 12.3. The van der Waals surface area contributed by atoms with E-state index in [-0.39, 0.29) is 30.0 Å². The van der Waals surface area contributed by atoms with Gasteiger partial charge in [-0.25, -0.2) is 0 Å². The lowest BCUT2D eigenvalue weighted by Gasteiger charge is -2.14. The van der Waals surface area contributed by atoms with E-state index < -0.39 is 0 Å². The predicted molar refractivity (Wildman–Crippen MR) is 130 cm³/mol. The molecule has 0 bridgehead atoms. The topological polar surface area (TPSA) is 98.1 Å². The quantitative estimate of drug-likeness (QED) is 0.444. The van der Waals surface area contributed by atoms with E-state index in [1.54, 1.807) is 29.9 Å². The van der Waals surface area contributed by atoms with Crippen molar-refractivity contribution in [3.8, 4) is 5.75 Å². The van der Waals surface area contributed by atoms with Crippen molar-refractivity contribution in [2.24, 2.45) is 7.05 Å². The first-order valence-corrected chi connectivity index (χ1v) is 11.6. The minimum atomic E-state index is -0.340. The first-order valence-electron chi connectivity index (χ1n) is 10.3. The maximum Gasteiger partial charge on any atom is 0.234 e. The van der Waals surface area contributed by atoms with Crippen molar-refractivity contribution in [1.82, 2.24) is 20.1 Å². The molecule has 2 amide bonds. The van der Waals surface area contributed by atoms with Crippen LogP contribution in [0.1, 0.15) is 29.9 Å². The van der Waals surface area contributed by atoms with Crippen LogP contribution in [0, 0.1) is 6.92 Å². The highest BCUT2D eigenvalue weighted by molar-refractivity contribution is 7.99. The van der Waals surface area contributed by atoms with Gasteiger partial charge in [0.25, 0.3) is 0 Å². The van der Waals surface area contributed by atoms with Crippen LogP contribution in [-0.2, 0) is 23.1 Å². The fourth-order valence-electron chi connectivity index (χ4n) is 3.20. The van der Waals surface area contributed by atoms with Gasteiger partial charge < -0.3 is 19.9 Å². The number of amides is 2. The normalized spacial score (nSPS) is 11.7. The minimum absolute atomic E-state index is 0.123. The second-order valence-corrected chi connectivity index (χ2v) is 8.89. The molecule has 0 aliphatic carbocycles. The third kappa shape index (κ3) is 6.72. The number of nitrogens with zero attached hydrogens (tertiary/aromatic N) is 3. The molecule has 10 heteroatoms. The van der Waals surface area contributed by atoms with Crippen LogP contribution >= 0.6 is 23.4 Å². The Morgan fingerprint density at radius 1 is 1.15 bits per heavy atom. The molecule has 33 heavy (non-hydrogen) atoms. The van der Waals surface area contributed by atoms with E-state index in [1.165, 1.54) is 11.8 Å². The Balaban J connectivity index is 1.53. The number of methoxy groups -OCH3 is 1. The van der Waals surface area contributed by atoms with Crippen LogP contribution in [0.3, 0.4) is 0 Å². The number of carbonyl (C=O) groups excluding carboxylic acids is 2.